The Hall–Kier alpha value is -1.26. The molecule has 1 heterocycles. The zero-order valence-electron chi connectivity index (χ0n) is 11.9. The maximum Gasteiger partial charge on any atom is 0.0620 e. The fourth-order valence-electron chi connectivity index (χ4n) is 2.78. The summed E-state index contributed by atoms with van der Waals surface area (Å²) < 4.78 is 0. The largest absolute Gasteiger partial charge is 0.397 e. The van der Waals surface area contributed by atoms with E-state index in [0.29, 0.717) is 17.3 Å². The van der Waals surface area contributed by atoms with E-state index in [9.17, 15) is 5.11 Å². The third kappa shape index (κ3) is 3.61. The standard InChI is InChI=1S/C15H25N3O/c1-15(2,19)12-5-7-18(8-6-12)10-11-3-4-13(16)14(17)9-11/h3-4,9,12,19H,5-8,10,16-17H2,1-2H3. The fraction of sp³-hybridized carbons (Fsp3) is 0.600. The molecule has 1 saturated heterocycles. The molecule has 0 radical (unpaired) electrons. The molecule has 19 heavy (non-hydrogen) atoms. The summed E-state index contributed by atoms with van der Waals surface area (Å²) in [6, 6.07) is 5.86. The van der Waals surface area contributed by atoms with Crippen molar-refractivity contribution in [3.63, 3.8) is 0 Å². The second-order valence-corrected chi connectivity index (χ2v) is 6.17. The van der Waals surface area contributed by atoms with Crippen LogP contribution in [0.1, 0.15) is 32.3 Å². The van der Waals surface area contributed by atoms with Crippen molar-refractivity contribution >= 4 is 11.4 Å². The van der Waals surface area contributed by atoms with Gasteiger partial charge < -0.3 is 16.6 Å². The highest BCUT2D eigenvalue weighted by Crippen LogP contribution is 2.28. The quantitative estimate of drug-likeness (QED) is 0.727. The molecule has 4 nitrogen and oxygen atoms in total. The third-order valence-corrected chi connectivity index (χ3v) is 4.14. The molecule has 0 unspecified atom stereocenters. The summed E-state index contributed by atoms with van der Waals surface area (Å²) in [6.07, 6.45) is 2.10. The van der Waals surface area contributed by atoms with E-state index in [1.54, 1.807) is 0 Å². The molecule has 1 aromatic carbocycles. The average Bonchev–Trinajstić information content (AvgIpc) is 2.33. The Balaban J connectivity index is 1.90. The van der Waals surface area contributed by atoms with Gasteiger partial charge in [-0.05, 0) is 63.4 Å². The van der Waals surface area contributed by atoms with Crippen LogP contribution >= 0.6 is 0 Å². The summed E-state index contributed by atoms with van der Waals surface area (Å²) in [6.45, 7) is 6.78. The van der Waals surface area contributed by atoms with E-state index in [1.807, 2.05) is 32.0 Å². The Morgan fingerprint density at radius 3 is 2.37 bits per heavy atom. The molecule has 0 amide bonds. The fourth-order valence-corrected chi connectivity index (χ4v) is 2.78. The van der Waals surface area contributed by atoms with Crippen LogP contribution < -0.4 is 11.5 Å². The molecule has 1 aromatic rings. The summed E-state index contributed by atoms with van der Waals surface area (Å²) in [4.78, 5) is 2.41. The predicted molar refractivity (Wildman–Crippen MR) is 79.6 cm³/mol. The van der Waals surface area contributed by atoms with E-state index >= 15 is 0 Å². The second kappa shape index (κ2) is 5.39. The number of nitrogens with zero attached hydrogens (tertiary/aromatic N) is 1. The lowest BCUT2D eigenvalue weighted by Gasteiger charge is -2.37. The van der Waals surface area contributed by atoms with Gasteiger partial charge in [-0.2, -0.15) is 0 Å². The highest BCUT2D eigenvalue weighted by Gasteiger charge is 2.30. The molecule has 1 fully saturated rings. The maximum absolute atomic E-state index is 10.0. The zero-order chi connectivity index (χ0) is 14.0. The Morgan fingerprint density at radius 2 is 1.84 bits per heavy atom. The van der Waals surface area contributed by atoms with Crippen molar-refractivity contribution in [2.45, 2.75) is 38.8 Å². The molecule has 2 rings (SSSR count). The van der Waals surface area contributed by atoms with Gasteiger partial charge in [0.05, 0.1) is 17.0 Å². The SMILES string of the molecule is CC(C)(O)C1CCN(Cc2ccc(N)c(N)c2)CC1. The lowest BCUT2D eigenvalue weighted by Crippen LogP contribution is -2.41. The number of anilines is 2. The van der Waals surface area contributed by atoms with E-state index in [0.717, 1.165) is 32.5 Å². The van der Waals surface area contributed by atoms with Crippen LogP contribution in [0.2, 0.25) is 0 Å². The van der Waals surface area contributed by atoms with Gasteiger partial charge in [-0.1, -0.05) is 6.07 Å². The molecule has 0 aliphatic carbocycles. The number of rotatable bonds is 3. The van der Waals surface area contributed by atoms with Gasteiger partial charge in [0, 0.05) is 6.54 Å². The number of hydrogen-bond donors (Lipinski definition) is 3. The van der Waals surface area contributed by atoms with Crippen molar-refractivity contribution in [3.05, 3.63) is 23.8 Å². The summed E-state index contributed by atoms with van der Waals surface area (Å²) in [5.41, 5.74) is 13.5. The predicted octanol–water partition coefficient (Wildman–Crippen LogP) is 1.83. The van der Waals surface area contributed by atoms with Gasteiger partial charge in [0.2, 0.25) is 0 Å². The number of hydrogen-bond acceptors (Lipinski definition) is 4. The topological polar surface area (TPSA) is 75.5 Å². The number of piperidine rings is 1. The Bertz CT molecular complexity index is 432. The van der Waals surface area contributed by atoms with Crippen molar-refractivity contribution in [3.8, 4) is 0 Å². The normalized spacial score (nSPS) is 18.7. The van der Waals surface area contributed by atoms with E-state index < -0.39 is 5.60 Å². The lowest BCUT2D eigenvalue weighted by molar-refractivity contribution is -0.0136. The molecule has 5 N–H and O–H groups in total. The van der Waals surface area contributed by atoms with E-state index in [4.69, 9.17) is 11.5 Å². The minimum absolute atomic E-state index is 0.403. The Labute approximate surface area is 115 Å². The van der Waals surface area contributed by atoms with Crippen LogP contribution in [0.3, 0.4) is 0 Å². The number of aliphatic hydroxyl groups is 1. The van der Waals surface area contributed by atoms with E-state index in [2.05, 4.69) is 4.90 Å². The molecule has 4 heteroatoms. The van der Waals surface area contributed by atoms with Crippen molar-refractivity contribution in [2.75, 3.05) is 24.6 Å². The lowest BCUT2D eigenvalue weighted by atomic mass is 9.83. The number of likely N-dealkylation sites (tertiary alicyclic amines) is 1. The van der Waals surface area contributed by atoms with Crippen molar-refractivity contribution in [1.29, 1.82) is 0 Å². The first kappa shape index (κ1) is 14.2. The van der Waals surface area contributed by atoms with Gasteiger partial charge >= 0.3 is 0 Å². The van der Waals surface area contributed by atoms with Crippen LogP contribution in [0.25, 0.3) is 0 Å². The molecule has 1 aliphatic heterocycles. The maximum atomic E-state index is 10.0. The number of nitrogens with two attached hydrogens (primary N) is 2. The Kier molecular flexibility index (Phi) is 4.02. The molecule has 0 spiro atoms. The first-order valence-electron chi connectivity index (χ1n) is 6.95. The Morgan fingerprint density at radius 1 is 1.21 bits per heavy atom. The van der Waals surface area contributed by atoms with Gasteiger partial charge in [-0.25, -0.2) is 0 Å². The highest BCUT2D eigenvalue weighted by atomic mass is 16.3. The van der Waals surface area contributed by atoms with Gasteiger partial charge in [0.1, 0.15) is 0 Å². The van der Waals surface area contributed by atoms with Crippen LogP contribution in [0.5, 0.6) is 0 Å². The molecule has 0 saturated carbocycles. The van der Waals surface area contributed by atoms with Crippen LogP contribution in [-0.2, 0) is 6.54 Å². The summed E-state index contributed by atoms with van der Waals surface area (Å²) in [7, 11) is 0. The van der Waals surface area contributed by atoms with Crippen molar-refractivity contribution in [2.24, 2.45) is 5.92 Å². The molecular formula is C15H25N3O. The van der Waals surface area contributed by atoms with E-state index in [-0.39, 0.29) is 0 Å². The van der Waals surface area contributed by atoms with Crippen molar-refractivity contribution in [1.82, 2.24) is 4.90 Å². The molecule has 106 valence electrons. The molecule has 0 aromatic heterocycles. The molecular weight excluding hydrogens is 238 g/mol. The smallest absolute Gasteiger partial charge is 0.0620 e. The molecule has 0 bridgehead atoms. The summed E-state index contributed by atoms with van der Waals surface area (Å²) in [5, 5.41) is 10.0. The number of benzene rings is 1. The molecule has 0 atom stereocenters. The monoisotopic (exact) mass is 263 g/mol. The van der Waals surface area contributed by atoms with Gasteiger partial charge in [0.15, 0.2) is 0 Å². The minimum atomic E-state index is -0.558. The third-order valence-electron chi connectivity index (χ3n) is 4.14. The van der Waals surface area contributed by atoms with Crippen LogP contribution in [0.15, 0.2) is 18.2 Å². The van der Waals surface area contributed by atoms with Crippen LogP contribution in [-0.4, -0.2) is 28.7 Å². The molecule has 1 aliphatic rings. The minimum Gasteiger partial charge on any atom is -0.397 e. The number of nitrogen functional groups attached to an aromatic ring is 2. The van der Waals surface area contributed by atoms with Gasteiger partial charge in [-0.15, -0.1) is 0 Å². The second-order valence-electron chi connectivity index (χ2n) is 6.17. The van der Waals surface area contributed by atoms with Gasteiger partial charge in [0.25, 0.3) is 0 Å². The van der Waals surface area contributed by atoms with Gasteiger partial charge in [-0.3, -0.25) is 4.90 Å². The highest BCUT2D eigenvalue weighted by molar-refractivity contribution is 5.63. The summed E-state index contributed by atoms with van der Waals surface area (Å²) in [5.74, 6) is 0.403. The summed E-state index contributed by atoms with van der Waals surface area (Å²) >= 11 is 0. The first-order valence-corrected chi connectivity index (χ1v) is 6.95. The zero-order valence-corrected chi connectivity index (χ0v) is 11.9. The van der Waals surface area contributed by atoms with Crippen molar-refractivity contribution < 1.29 is 5.11 Å². The van der Waals surface area contributed by atoms with Crippen LogP contribution in [0.4, 0.5) is 11.4 Å². The van der Waals surface area contributed by atoms with E-state index in [1.165, 1.54) is 5.56 Å². The van der Waals surface area contributed by atoms with Crippen LogP contribution in [0, 0.1) is 5.92 Å². The first-order chi connectivity index (χ1) is 8.86. The average molecular weight is 263 g/mol.